The number of para-hydroxylation sites is 1. The zero-order valence-electron chi connectivity index (χ0n) is 15.8. The minimum Gasteiger partial charge on any atom is -0.444 e. The van der Waals surface area contributed by atoms with Crippen LogP contribution in [0.15, 0.2) is 84.9 Å². The molecule has 2 heterocycles. The summed E-state index contributed by atoms with van der Waals surface area (Å²) in [5.74, 6) is -0.257. The van der Waals surface area contributed by atoms with Crippen LogP contribution in [0.2, 0.25) is 0 Å². The van der Waals surface area contributed by atoms with Crippen LogP contribution in [0.1, 0.15) is 34.1 Å². The fourth-order valence-electron chi connectivity index (χ4n) is 4.51. The van der Waals surface area contributed by atoms with Gasteiger partial charge in [-0.1, -0.05) is 78.9 Å². The molecule has 0 aliphatic carbocycles. The minimum atomic E-state index is -0.824. The van der Waals surface area contributed by atoms with Gasteiger partial charge in [0, 0.05) is 35.0 Å². The molecular weight excluding hydrogens is 346 g/mol. The molecule has 0 unspecified atom stereocenters. The SMILES string of the molecule is CCn1c2c(c3ccccc31)CC(c1ccccc1)(c1ccccc1)OC2=O. The van der Waals surface area contributed by atoms with Gasteiger partial charge >= 0.3 is 5.97 Å². The number of fused-ring (bicyclic) bond motifs is 3. The Balaban J connectivity index is 1.81. The van der Waals surface area contributed by atoms with Crippen molar-refractivity contribution >= 4 is 16.9 Å². The van der Waals surface area contributed by atoms with Crippen molar-refractivity contribution in [1.82, 2.24) is 4.57 Å². The number of carbonyl (C=O) groups excluding carboxylic acids is 1. The van der Waals surface area contributed by atoms with Crippen molar-refractivity contribution in [3.63, 3.8) is 0 Å². The molecule has 3 heteroatoms. The number of carbonyl (C=O) groups is 1. The maximum Gasteiger partial charge on any atom is 0.356 e. The molecule has 1 aliphatic heterocycles. The highest BCUT2D eigenvalue weighted by molar-refractivity contribution is 6.00. The van der Waals surface area contributed by atoms with Gasteiger partial charge in [-0.15, -0.1) is 0 Å². The predicted molar refractivity (Wildman–Crippen MR) is 110 cm³/mol. The van der Waals surface area contributed by atoms with Crippen molar-refractivity contribution in [1.29, 1.82) is 0 Å². The molecule has 0 amide bonds. The van der Waals surface area contributed by atoms with E-state index in [0.29, 0.717) is 12.1 Å². The Morgan fingerprint density at radius 3 is 2.04 bits per heavy atom. The van der Waals surface area contributed by atoms with Crippen LogP contribution >= 0.6 is 0 Å². The summed E-state index contributed by atoms with van der Waals surface area (Å²) < 4.78 is 8.36. The first-order valence-corrected chi connectivity index (χ1v) is 9.69. The summed E-state index contributed by atoms with van der Waals surface area (Å²) in [6.07, 6.45) is 0.621. The topological polar surface area (TPSA) is 31.2 Å². The molecule has 138 valence electrons. The van der Waals surface area contributed by atoms with Gasteiger partial charge in [0.25, 0.3) is 0 Å². The average Bonchev–Trinajstić information content (AvgIpc) is 3.09. The van der Waals surface area contributed by atoms with Crippen LogP contribution in [-0.2, 0) is 23.3 Å². The molecule has 0 atom stereocenters. The average molecular weight is 367 g/mol. The van der Waals surface area contributed by atoms with E-state index in [9.17, 15) is 4.79 Å². The van der Waals surface area contributed by atoms with Crippen molar-refractivity contribution in [2.24, 2.45) is 0 Å². The van der Waals surface area contributed by atoms with E-state index in [4.69, 9.17) is 4.74 Å². The minimum absolute atomic E-state index is 0.257. The second-order valence-electron chi connectivity index (χ2n) is 7.21. The smallest absolute Gasteiger partial charge is 0.356 e. The van der Waals surface area contributed by atoms with E-state index in [-0.39, 0.29) is 5.97 Å². The van der Waals surface area contributed by atoms with Crippen molar-refractivity contribution in [3.05, 3.63) is 107 Å². The Morgan fingerprint density at radius 2 is 1.43 bits per heavy atom. The van der Waals surface area contributed by atoms with Gasteiger partial charge < -0.3 is 9.30 Å². The highest BCUT2D eigenvalue weighted by atomic mass is 16.6. The van der Waals surface area contributed by atoms with Crippen LogP contribution in [0.5, 0.6) is 0 Å². The van der Waals surface area contributed by atoms with Crippen LogP contribution < -0.4 is 0 Å². The zero-order valence-corrected chi connectivity index (χ0v) is 15.8. The van der Waals surface area contributed by atoms with E-state index in [1.807, 2.05) is 72.8 Å². The van der Waals surface area contributed by atoms with E-state index in [2.05, 4.69) is 23.6 Å². The standard InChI is InChI=1S/C25H21NO2/c1-2-26-22-16-10-9-15-20(22)21-17-25(28-24(27)23(21)26,18-11-5-3-6-12-18)19-13-7-4-8-14-19/h3-16H,2,17H2,1H3. The van der Waals surface area contributed by atoms with Gasteiger partial charge in [-0.2, -0.15) is 0 Å². The van der Waals surface area contributed by atoms with E-state index in [1.165, 1.54) is 0 Å². The first-order valence-electron chi connectivity index (χ1n) is 9.69. The van der Waals surface area contributed by atoms with Crippen LogP contribution in [0, 0.1) is 0 Å². The van der Waals surface area contributed by atoms with Crippen molar-refractivity contribution in [3.8, 4) is 0 Å². The van der Waals surface area contributed by atoms with Gasteiger partial charge in [-0.05, 0) is 18.6 Å². The molecule has 0 saturated carbocycles. The third kappa shape index (κ3) is 2.32. The lowest BCUT2D eigenvalue weighted by Crippen LogP contribution is -2.40. The molecule has 0 fully saturated rings. The normalized spacial score (nSPS) is 15.2. The molecule has 0 saturated heterocycles. The highest BCUT2D eigenvalue weighted by Crippen LogP contribution is 2.44. The highest BCUT2D eigenvalue weighted by Gasteiger charge is 2.45. The maximum atomic E-state index is 13.4. The number of esters is 1. The van der Waals surface area contributed by atoms with E-state index in [0.717, 1.165) is 34.1 Å². The van der Waals surface area contributed by atoms with Gasteiger partial charge in [-0.3, -0.25) is 0 Å². The summed E-state index contributed by atoms with van der Waals surface area (Å²) in [7, 11) is 0. The summed E-state index contributed by atoms with van der Waals surface area (Å²) in [5.41, 5.74) is 4.01. The summed E-state index contributed by atoms with van der Waals surface area (Å²) in [4.78, 5) is 13.4. The summed E-state index contributed by atoms with van der Waals surface area (Å²) >= 11 is 0. The molecule has 0 bridgehead atoms. The Bertz CT molecular complexity index is 1120. The second kappa shape index (κ2) is 6.38. The number of hydrogen-bond donors (Lipinski definition) is 0. The van der Waals surface area contributed by atoms with Crippen LogP contribution in [-0.4, -0.2) is 10.5 Å². The largest absolute Gasteiger partial charge is 0.444 e. The Hall–Kier alpha value is -3.33. The lowest BCUT2D eigenvalue weighted by molar-refractivity contribution is -0.00863. The van der Waals surface area contributed by atoms with E-state index < -0.39 is 5.60 Å². The molecular formula is C25H21NO2. The number of ether oxygens (including phenoxy) is 1. The van der Waals surface area contributed by atoms with E-state index >= 15 is 0 Å². The monoisotopic (exact) mass is 367 g/mol. The molecule has 0 spiro atoms. The van der Waals surface area contributed by atoms with Gasteiger partial charge in [-0.25, -0.2) is 4.79 Å². The number of benzene rings is 3. The molecule has 3 aromatic carbocycles. The summed E-state index contributed by atoms with van der Waals surface area (Å²) in [6.45, 7) is 2.80. The first kappa shape index (κ1) is 16.8. The second-order valence-corrected chi connectivity index (χ2v) is 7.21. The molecule has 28 heavy (non-hydrogen) atoms. The number of cyclic esters (lactones) is 1. The number of aryl methyl sites for hydroxylation is 1. The van der Waals surface area contributed by atoms with Gasteiger partial charge in [0.05, 0.1) is 0 Å². The van der Waals surface area contributed by atoms with Crippen LogP contribution in [0.25, 0.3) is 10.9 Å². The van der Waals surface area contributed by atoms with Crippen molar-refractivity contribution in [2.75, 3.05) is 0 Å². The molecule has 5 rings (SSSR count). The quantitative estimate of drug-likeness (QED) is 0.459. The Morgan fingerprint density at radius 1 is 0.857 bits per heavy atom. The summed E-state index contributed by atoms with van der Waals surface area (Å²) in [6, 6.07) is 28.4. The number of rotatable bonds is 3. The van der Waals surface area contributed by atoms with Crippen molar-refractivity contribution < 1.29 is 9.53 Å². The maximum absolute atomic E-state index is 13.4. The third-order valence-corrected chi connectivity index (χ3v) is 5.76. The number of nitrogens with zero attached hydrogens (tertiary/aromatic N) is 1. The van der Waals surface area contributed by atoms with Crippen molar-refractivity contribution in [2.45, 2.75) is 25.5 Å². The van der Waals surface area contributed by atoms with Gasteiger partial charge in [0.1, 0.15) is 5.69 Å². The number of aromatic nitrogens is 1. The number of hydrogen-bond acceptors (Lipinski definition) is 2. The fraction of sp³-hybridized carbons (Fsp3) is 0.160. The Labute approximate surface area is 164 Å². The molecule has 1 aliphatic rings. The van der Waals surface area contributed by atoms with Gasteiger partial charge in [0.15, 0.2) is 5.60 Å². The molecule has 4 aromatic rings. The lowest BCUT2D eigenvalue weighted by Gasteiger charge is -2.38. The summed E-state index contributed by atoms with van der Waals surface area (Å²) in [5, 5.41) is 1.13. The zero-order chi connectivity index (χ0) is 19.1. The Kier molecular flexibility index (Phi) is 3.83. The van der Waals surface area contributed by atoms with Crippen LogP contribution in [0.3, 0.4) is 0 Å². The molecule has 0 radical (unpaired) electrons. The van der Waals surface area contributed by atoms with E-state index in [1.54, 1.807) is 0 Å². The van der Waals surface area contributed by atoms with Crippen LogP contribution in [0.4, 0.5) is 0 Å². The lowest BCUT2D eigenvalue weighted by atomic mass is 9.79. The first-order chi connectivity index (χ1) is 13.7. The molecule has 1 aromatic heterocycles. The predicted octanol–water partition coefficient (Wildman–Crippen LogP) is 5.32. The third-order valence-electron chi connectivity index (χ3n) is 5.76. The molecule has 3 nitrogen and oxygen atoms in total. The van der Waals surface area contributed by atoms with Gasteiger partial charge in [0.2, 0.25) is 0 Å². The molecule has 0 N–H and O–H groups in total. The fourth-order valence-corrected chi connectivity index (χ4v) is 4.51.